The van der Waals surface area contributed by atoms with Crippen molar-refractivity contribution < 1.29 is 0 Å². The summed E-state index contributed by atoms with van der Waals surface area (Å²) in [5.74, 6) is 0. The molecule has 0 radical (unpaired) electrons. The fourth-order valence-electron chi connectivity index (χ4n) is 1.61. The zero-order chi connectivity index (χ0) is 11.5. The topological polar surface area (TPSA) is 55.6 Å². The van der Waals surface area contributed by atoms with Crippen LogP contribution in [-0.4, -0.2) is 26.2 Å². The molecule has 0 amide bonds. The van der Waals surface area contributed by atoms with Crippen molar-refractivity contribution in [3.05, 3.63) is 30.1 Å². The predicted octanol–water partition coefficient (Wildman–Crippen LogP) is 1.79. The van der Waals surface area contributed by atoms with Crippen molar-refractivity contribution >= 4 is 5.69 Å². The lowest BCUT2D eigenvalue weighted by Gasteiger charge is -2.12. The molecule has 2 aromatic rings. The highest BCUT2D eigenvalue weighted by atomic mass is 15.5. The van der Waals surface area contributed by atoms with Gasteiger partial charge in [-0.3, -0.25) is 0 Å². The number of nitrogens with one attached hydrogen (secondary N) is 1. The molecule has 16 heavy (non-hydrogen) atoms. The van der Waals surface area contributed by atoms with Gasteiger partial charge >= 0.3 is 0 Å². The highest BCUT2D eigenvalue weighted by Crippen LogP contribution is 2.18. The quantitative estimate of drug-likeness (QED) is 0.851. The molecule has 0 unspecified atom stereocenters. The molecule has 0 fully saturated rings. The van der Waals surface area contributed by atoms with Gasteiger partial charge in [0.25, 0.3) is 0 Å². The number of aromatic nitrogens is 4. The van der Waals surface area contributed by atoms with Crippen molar-refractivity contribution in [2.45, 2.75) is 26.8 Å². The second-order valence-electron chi connectivity index (χ2n) is 4.05. The Morgan fingerprint density at radius 1 is 1.31 bits per heavy atom. The molecule has 0 atom stereocenters. The normalized spacial score (nSPS) is 10.8. The van der Waals surface area contributed by atoms with Gasteiger partial charge < -0.3 is 5.32 Å². The molecular weight excluding hydrogens is 202 g/mol. The van der Waals surface area contributed by atoms with Crippen LogP contribution < -0.4 is 5.32 Å². The van der Waals surface area contributed by atoms with Crippen molar-refractivity contribution in [3.8, 4) is 5.69 Å². The Morgan fingerprint density at radius 3 is 2.69 bits per heavy atom. The van der Waals surface area contributed by atoms with E-state index in [4.69, 9.17) is 0 Å². The highest BCUT2D eigenvalue weighted by molar-refractivity contribution is 5.53. The van der Waals surface area contributed by atoms with Gasteiger partial charge in [-0.25, -0.2) is 4.68 Å². The third kappa shape index (κ3) is 2.18. The second kappa shape index (κ2) is 4.30. The van der Waals surface area contributed by atoms with Crippen molar-refractivity contribution in [1.29, 1.82) is 0 Å². The Bertz CT molecular complexity index is 461. The number of aryl methyl sites for hydroxylation is 1. The summed E-state index contributed by atoms with van der Waals surface area (Å²) in [6.07, 6.45) is 1.60. The standard InChI is InChI=1S/C11H15N5/c1-8(2)13-10-4-5-11(9(3)6-10)16-7-12-14-15-16/h4-8,13H,1-3H3. The van der Waals surface area contributed by atoms with Crippen LogP contribution in [0.3, 0.4) is 0 Å². The number of hydrogen-bond donors (Lipinski definition) is 1. The van der Waals surface area contributed by atoms with E-state index in [-0.39, 0.29) is 0 Å². The predicted molar refractivity (Wildman–Crippen MR) is 62.6 cm³/mol. The summed E-state index contributed by atoms with van der Waals surface area (Å²) >= 11 is 0. The van der Waals surface area contributed by atoms with E-state index in [0.29, 0.717) is 6.04 Å². The van der Waals surface area contributed by atoms with Gasteiger partial charge in [0.2, 0.25) is 0 Å². The third-order valence-electron chi connectivity index (χ3n) is 2.25. The maximum Gasteiger partial charge on any atom is 0.143 e. The Morgan fingerprint density at radius 2 is 2.12 bits per heavy atom. The van der Waals surface area contributed by atoms with E-state index in [1.807, 2.05) is 19.1 Å². The molecule has 1 aromatic heterocycles. The minimum Gasteiger partial charge on any atom is -0.383 e. The van der Waals surface area contributed by atoms with Gasteiger partial charge in [0.05, 0.1) is 5.69 Å². The molecule has 0 bridgehead atoms. The van der Waals surface area contributed by atoms with Gasteiger partial charge in [0.1, 0.15) is 6.33 Å². The fourth-order valence-corrected chi connectivity index (χ4v) is 1.61. The van der Waals surface area contributed by atoms with Gasteiger partial charge in [-0.2, -0.15) is 0 Å². The summed E-state index contributed by atoms with van der Waals surface area (Å²) in [7, 11) is 0. The van der Waals surface area contributed by atoms with E-state index in [1.165, 1.54) is 0 Å². The number of benzene rings is 1. The van der Waals surface area contributed by atoms with E-state index in [9.17, 15) is 0 Å². The van der Waals surface area contributed by atoms with Crippen LogP contribution in [0.15, 0.2) is 24.5 Å². The first-order chi connectivity index (χ1) is 7.66. The first-order valence-corrected chi connectivity index (χ1v) is 5.27. The van der Waals surface area contributed by atoms with Gasteiger partial charge in [0, 0.05) is 11.7 Å². The van der Waals surface area contributed by atoms with Gasteiger partial charge in [-0.05, 0) is 55.0 Å². The molecule has 0 aliphatic carbocycles. The lowest BCUT2D eigenvalue weighted by atomic mass is 10.1. The minimum atomic E-state index is 0.429. The number of nitrogens with zero attached hydrogens (tertiary/aromatic N) is 4. The maximum atomic E-state index is 3.87. The first kappa shape index (κ1) is 10.6. The van der Waals surface area contributed by atoms with Crippen LogP contribution in [0.25, 0.3) is 5.69 Å². The summed E-state index contributed by atoms with van der Waals surface area (Å²) in [6, 6.07) is 6.57. The zero-order valence-corrected chi connectivity index (χ0v) is 9.68. The average molecular weight is 217 g/mol. The van der Waals surface area contributed by atoms with Gasteiger partial charge in [0.15, 0.2) is 0 Å². The van der Waals surface area contributed by atoms with E-state index < -0.39 is 0 Å². The molecule has 0 spiro atoms. The van der Waals surface area contributed by atoms with Crippen LogP contribution in [-0.2, 0) is 0 Å². The molecule has 1 heterocycles. The van der Waals surface area contributed by atoms with E-state index in [1.54, 1.807) is 11.0 Å². The Kier molecular flexibility index (Phi) is 2.85. The Labute approximate surface area is 94.5 Å². The van der Waals surface area contributed by atoms with Crippen LogP contribution in [0, 0.1) is 6.92 Å². The van der Waals surface area contributed by atoms with Crippen LogP contribution in [0.2, 0.25) is 0 Å². The summed E-state index contributed by atoms with van der Waals surface area (Å²) in [4.78, 5) is 0. The molecule has 2 rings (SSSR count). The summed E-state index contributed by atoms with van der Waals surface area (Å²) in [5, 5.41) is 14.5. The molecule has 0 saturated heterocycles. The Hall–Kier alpha value is -1.91. The zero-order valence-electron chi connectivity index (χ0n) is 9.68. The smallest absolute Gasteiger partial charge is 0.143 e. The van der Waals surface area contributed by atoms with Gasteiger partial charge in [-0.15, -0.1) is 5.10 Å². The average Bonchev–Trinajstić information content (AvgIpc) is 2.69. The third-order valence-corrected chi connectivity index (χ3v) is 2.25. The summed E-state index contributed by atoms with van der Waals surface area (Å²) in [5.41, 5.74) is 3.25. The number of anilines is 1. The molecule has 0 aliphatic heterocycles. The molecule has 1 aromatic carbocycles. The SMILES string of the molecule is Cc1cc(NC(C)C)ccc1-n1cnnn1. The fraction of sp³-hybridized carbons (Fsp3) is 0.364. The Balaban J connectivity index is 2.30. The molecule has 5 nitrogen and oxygen atoms in total. The van der Waals surface area contributed by atoms with Crippen molar-refractivity contribution in [3.63, 3.8) is 0 Å². The van der Waals surface area contributed by atoms with Crippen LogP contribution in [0.4, 0.5) is 5.69 Å². The largest absolute Gasteiger partial charge is 0.383 e. The maximum absolute atomic E-state index is 3.87. The number of hydrogen-bond acceptors (Lipinski definition) is 4. The number of tetrazole rings is 1. The van der Waals surface area contributed by atoms with E-state index in [0.717, 1.165) is 16.9 Å². The molecule has 0 saturated carbocycles. The first-order valence-electron chi connectivity index (χ1n) is 5.27. The number of rotatable bonds is 3. The molecular formula is C11H15N5. The highest BCUT2D eigenvalue weighted by Gasteiger charge is 2.04. The van der Waals surface area contributed by atoms with Crippen LogP contribution in [0.1, 0.15) is 19.4 Å². The van der Waals surface area contributed by atoms with Crippen LogP contribution >= 0.6 is 0 Å². The summed E-state index contributed by atoms with van der Waals surface area (Å²) in [6.45, 7) is 6.28. The van der Waals surface area contributed by atoms with Crippen LogP contribution in [0.5, 0.6) is 0 Å². The monoisotopic (exact) mass is 217 g/mol. The van der Waals surface area contributed by atoms with Crippen molar-refractivity contribution in [2.24, 2.45) is 0 Å². The van der Waals surface area contributed by atoms with Gasteiger partial charge in [-0.1, -0.05) is 0 Å². The molecule has 84 valence electrons. The minimum absolute atomic E-state index is 0.429. The second-order valence-corrected chi connectivity index (χ2v) is 4.05. The lowest BCUT2D eigenvalue weighted by Crippen LogP contribution is -2.10. The molecule has 1 N–H and O–H groups in total. The van der Waals surface area contributed by atoms with Crippen molar-refractivity contribution in [1.82, 2.24) is 20.2 Å². The van der Waals surface area contributed by atoms with E-state index in [2.05, 4.69) is 40.8 Å². The van der Waals surface area contributed by atoms with E-state index >= 15 is 0 Å². The summed E-state index contributed by atoms with van der Waals surface area (Å²) < 4.78 is 1.66. The molecule has 5 heteroatoms. The lowest BCUT2D eigenvalue weighted by molar-refractivity contribution is 0.785. The molecule has 0 aliphatic rings. The van der Waals surface area contributed by atoms with Crippen molar-refractivity contribution in [2.75, 3.05) is 5.32 Å².